The van der Waals surface area contributed by atoms with Gasteiger partial charge in [-0.3, -0.25) is 5.32 Å². The van der Waals surface area contributed by atoms with Crippen molar-refractivity contribution in [1.82, 2.24) is 15.1 Å². The molecule has 0 radical (unpaired) electrons. The summed E-state index contributed by atoms with van der Waals surface area (Å²) in [5, 5.41) is 21.2. The summed E-state index contributed by atoms with van der Waals surface area (Å²) in [4.78, 5) is 13.6. The largest absolute Gasteiger partial charge is 0.392 e. The highest BCUT2D eigenvalue weighted by Crippen LogP contribution is 2.21. The van der Waals surface area contributed by atoms with Crippen LogP contribution in [0.3, 0.4) is 0 Å². The highest BCUT2D eigenvalue weighted by Gasteiger charge is 2.16. The van der Waals surface area contributed by atoms with Crippen LogP contribution in [0, 0.1) is 5.82 Å². The molecule has 0 spiro atoms. The number of urea groups is 1. The zero-order valence-electron chi connectivity index (χ0n) is 13.3. The number of likely N-dealkylation sites (N-methyl/N-ethyl adjacent to an activating group) is 1. The topological polar surface area (TPSA) is 78.4 Å². The summed E-state index contributed by atoms with van der Waals surface area (Å²) >= 11 is 7.03. The lowest BCUT2D eigenvalue weighted by Crippen LogP contribution is -2.39. The number of nitrogens with one attached hydrogen (secondary N) is 1. The van der Waals surface area contributed by atoms with Gasteiger partial charge in [0.2, 0.25) is 5.13 Å². The van der Waals surface area contributed by atoms with Gasteiger partial charge in [-0.15, -0.1) is 10.2 Å². The molecule has 2 N–H and O–H groups in total. The molecule has 0 bridgehead atoms. The number of aliphatic hydroxyl groups excluding tert-OH is 1. The number of anilines is 1. The molecule has 1 atom stereocenters. The van der Waals surface area contributed by atoms with Gasteiger partial charge in [-0.1, -0.05) is 22.9 Å². The first-order chi connectivity index (χ1) is 11.4. The zero-order chi connectivity index (χ0) is 17.7. The minimum absolute atomic E-state index is 0.232. The van der Waals surface area contributed by atoms with E-state index in [-0.39, 0.29) is 12.6 Å². The van der Waals surface area contributed by atoms with Crippen LogP contribution in [0.25, 0.3) is 0 Å². The fourth-order valence-electron chi connectivity index (χ4n) is 2.11. The molecule has 6 nitrogen and oxygen atoms in total. The first-order valence-electron chi connectivity index (χ1n) is 7.38. The number of halogens is 2. The van der Waals surface area contributed by atoms with E-state index in [1.54, 1.807) is 13.0 Å². The van der Waals surface area contributed by atoms with Gasteiger partial charge in [-0.25, -0.2) is 9.18 Å². The van der Waals surface area contributed by atoms with Gasteiger partial charge in [0.1, 0.15) is 10.8 Å². The van der Waals surface area contributed by atoms with Gasteiger partial charge in [-0.2, -0.15) is 0 Å². The predicted octanol–water partition coefficient (Wildman–Crippen LogP) is 3.16. The summed E-state index contributed by atoms with van der Waals surface area (Å²) in [5.41, 5.74) is 0.679. The molecule has 2 rings (SSSR count). The standard InChI is InChI=1S/C15H18ClFN4O2S/c1-3-21(8-9(2)22)15(23)18-14-20-19-13(24-14)6-10-4-11(16)7-12(17)5-10/h4-5,7,9,22H,3,6,8H2,1-2H3,(H,18,20,23)/t9-/m0/s1. The first kappa shape index (κ1) is 18.6. The third-order valence-corrected chi connectivity index (χ3v) is 4.17. The van der Waals surface area contributed by atoms with E-state index in [2.05, 4.69) is 15.5 Å². The summed E-state index contributed by atoms with van der Waals surface area (Å²) in [5.74, 6) is -0.410. The molecule has 0 aliphatic heterocycles. The van der Waals surface area contributed by atoms with Crippen molar-refractivity contribution in [3.8, 4) is 0 Å². The smallest absolute Gasteiger partial charge is 0.323 e. The Kier molecular flexibility index (Phi) is 6.47. The van der Waals surface area contributed by atoms with Crippen LogP contribution in [0.15, 0.2) is 18.2 Å². The van der Waals surface area contributed by atoms with Crippen LogP contribution < -0.4 is 5.32 Å². The number of rotatable bonds is 6. The van der Waals surface area contributed by atoms with E-state index >= 15 is 0 Å². The van der Waals surface area contributed by atoms with Crippen molar-refractivity contribution in [3.05, 3.63) is 39.6 Å². The van der Waals surface area contributed by atoms with Crippen molar-refractivity contribution >= 4 is 34.1 Å². The molecular formula is C15H18ClFN4O2S. The van der Waals surface area contributed by atoms with Crippen LogP contribution in [0.1, 0.15) is 24.4 Å². The number of aliphatic hydroxyl groups is 1. The van der Waals surface area contributed by atoms with E-state index in [9.17, 15) is 14.3 Å². The maximum Gasteiger partial charge on any atom is 0.323 e. The SMILES string of the molecule is CCN(C[C@H](C)O)C(=O)Nc1nnc(Cc2cc(F)cc(Cl)c2)s1. The Morgan fingerprint density at radius 3 is 2.83 bits per heavy atom. The van der Waals surface area contributed by atoms with Crippen LogP contribution in [0.4, 0.5) is 14.3 Å². The molecule has 130 valence electrons. The Balaban J connectivity index is 2.01. The molecule has 0 unspecified atom stereocenters. The van der Waals surface area contributed by atoms with Gasteiger partial charge in [0, 0.05) is 24.5 Å². The Bertz CT molecular complexity index is 690. The Labute approximate surface area is 148 Å². The first-order valence-corrected chi connectivity index (χ1v) is 8.58. The van der Waals surface area contributed by atoms with Gasteiger partial charge in [0.15, 0.2) is 0 Å². The second-order valence-electron chi connectivity index (χ2n) is 5.27. The molecule has 1 aromatic carbocycles. The van der Waals surface area contributed by atoms with Gasteiger partial charge < -0.3 is 10.0 Å². The molecule has 0 aliphatic carbocycles. The number of aromatic nitrogens is 2. The second-order valence-corrected chi connectivity index (χ2v) is 6.77. The molecule has 1 aromatic heterocycles. The number of nitrogens with zero attached hydrogens (tertiary/aromatic N) is 3. The van der Waals surface area contributed by atoms with E-state index in [0.717, 1.165) is 0 Å². The second kappa shape index (κ2) is 8.36. The number of amides is 2. The highest BCUT2D eigenvalue weighted by atomic mass is 35.5. The highest BCUT2D eigenvalue weighted by molar-refractivity contribution is 7.15. The van der Waals surface area contributed by atoms with Gasteiger partial charge >= 0.3 is 6.03 Å². The lowest BCUT2D eigenvalue weighted by Gasteiger charge is -2.21. The fraction of sp³-hybridized carbons (Fsp3) is 0.400. The molecule has 0 fully saturated rings. The van der Waals surface area contributed by atoms with Crippen LogP contribution >= 0.6 is 22.9 Å². The Morgan fingerprint density at radius 1 is 1.46 bits per heavy atom. The van der Waals surface area contributed by atoms with Gasteiger partial charge in [0.05, 0.1) is 6.10 Å². The maximum atomic E-state index is 13.3. The van der Waals surface area contributed by atoms with E-state index in [4.69, 9.17) is 11.6 Å². The Hall–Kier alpha value is -1.77. The van der Waals surface area contributed by atoms with Gasteiger partial charge in [0.25, 0.3) is 0 Å². The summed E-state index contributed by atoms with van der Waals surface area (Å²) in [6.07, 6.45) is -0.241. The van der Waals surface area contributed by atoms with E-state index < -0.39 is 11.9 Å². The molecule has 2 amide bonds. The molecule has 0 aliphatic rings. The zero-order valence-corrected chi connectivity index (χ0v) is 14.9. The number of carbonyl (C=O) groups excluding carboxylic acids is 1. The van der Waals surface area contributed by atoms with E-state index in [1.807, 2.05) is 6.92 Å². The average molecular weight is 373 g/mol. The van der Waals surface area contributed by atoms with Crippen LogP contribution in [0.2, 0.25) is 5.02 Å². The normalized spacial score (nSPS) is 12.0. The summed E-state index contributed by atoms with van der Waals surface area (Å²) in [6.45, 7) is 4.13. The minimum atomic E-state index is -0.613. The fourth-order valence-corrected chi connectivity index (χ4v) is 3.12. The monoisotopic (exact) mass is 372 g/mol. The molecule has 24 heavy (non-hydrogen) atoms. The predicted molar refractivity (Wildman–Crippen MR) is 92.1 cm³/mol. The minimum Gasteiger partial charge on any atom is -0.392 e. The molecule has 9 heteroatoms. The van der Waals surface area contributed by atoms with Gasteiger partial charge in [-0.05, 0) is 37.6 Å². The van der Waals surface area contributed by atoms with Crippen LogP contribution in [-0.2, 0) is 6.42 Å². The summed E-state index contributed by atoms with van der Waals surface area (Å²) < 4.78 is 13.3. The van der Waals surface area contributed by atoms with Crippen LogP contribution in [-0.4, -0.2) is 45.4 Å². The molecule has 1 heterocycles. The van der Waals surface area contributed by atoms with Crippen molar-refractivity contribution in [2.45, 2.75) is 26.4 Å². The van der Waals surface area contributed by atoms with Crippen LogP contribution in [0.5, 0.6) is 0 Å². The van der Waals surface area contributed by atoms with Crippen molar-refractivity contribution < 1.29 is 14.3 Å². The maximum absolute atomic E-state index is 13.3. The summed E-state index contributed by atoms with van der Waals surface area (Å²) in [6, 6.07) is 3.92. The van der Waals surface area contributed by atoms with Crippen molar-refractivity contribution in [3.63, 3.8) is 0 Å². The van der Waals surface area contributed by atoms with E-state index in [1.165, 1.54) is 28.4 Å². The van der Waals surface area contributed by atoms with Crippen molar-refractivity contribution in [2.24, 2.45) is 0 Å². The molecule has 0 saturated carbocycles. The number of benzene rings is 1. The van der Waals surface area contributed by atoms with Crippen molar-refractivity contribution in [1.29, 1.82) is 0 Å². The number of hydrogen-bond donors (Lipinski definition) is 2. The lowest BCUT2D eigenvalue weighted by atomic mass is 10.1. The number of hydrogen-bond acceptors (Lipinski definition) is 5. The average Bonchev–Trinajstić information content (AvgIpc) is 2.90. The molecular weight excluding hydrogens is 355 g/mol. The third kappa shape index (κ3) is 5.40. The lowest BCUT2D eigenvalue weighted by molar-refractivity contribution is 0.141. The quantitative estimate of drug-likeness (QED) is 0.816. The summed E-state index contributed by atoms with van der Waals surface area (Å²) in [7, 11) is 0. The third-order valence-electron chi connectivity index (χ3n) is 3.11. The Morgan fingerprint density at radius 2 is 2.21 bits per heavy atom. The van der Waals surface area contributed by atoms with Crippen molar-refractivity contribution in [2.75, 3.05) is 18.4 Å². The molecule has 2 aromatic rings. The molecule has 0 saturated heterocycles. The number of carbonyl (C=O) groups is 1. The van der Waals surface area contributed by atoms with E-state index in [0.29, 0.717) is 33.7 Å².